The molecule has 0 spiro atoms. The molecule has 0 radical (unpaired) electrons. The van der Waals surface area contributed by atoms with Crippen LogP contribution in [-0.4, -0.2) is 15.6 Å². The van der Waals surface area contributed by atoms with Gasteiger partial charge in [-0.1, -0.05) is 41.4 Å². The zero-order valence-electron chi connectivity index (χ0n) is 12.5. The fraction of sp³-hybridized carbons (Fsp3) is 0.0588. The van der Waals surface area contributed by atoms with E-state index >= 15 is 0 Å². The fourth-order valence-corrected chi connectivity index (χ4v) is 2.93. The maximum absolute atomic E-state index is 12.6. The number of carbonyl (C=O) groups is 1. The zero-order valence-corrected chi connectivity index (χ0v) is 14.0. The molecule has 0 saturated carbocycles. The van der Waals surface area contributed by atoms with E-state index in [1.54, 1.807) is 36.4 Å². The molecule has 7 heteroatoms. The molecule has 2 aromatic carbocycles. The Morgan fingerprint density at radius 2 is 1.79 bits per heavy atom. The average Bonchev–Trinajstić information content (AvgIpc) is 2.55. The van der Waals surface area contributed by atoms with Crippen LogP contribution in [0, 0.1) is 0 Å². The zero-order chi connectivity index (χ0) is 17.4. The molecule has 0 bridgehead atoms. The van der Waals surface area contributed by atoms with Gasteiger partial charge < -0.3 is 15.0 Å². The first-order valence-corrected chi connectivity index (χ1v) is 7.73. The van der Waals surface area contributed by atoms with Crippen molar-refractivity contribution in [1.82, 2.24) is 4.57 Å². The molecule has 5 nitrogen and oxygen atoms in total. The SMILES string of the molecule is Cn1c(C(=O)Nc2ccc(Cl)cc2Cl)c(O)c2ccccc2c1=O. The Morgan fingerprint density at radius 3 is 2.46 bits per heavy atom. The van der Waals surface area contributed by atoms with Crippen LogP contribution >= 0.6 is 23.2 Å². The number of hydrogen-bond donors (Lipinski definition) is 2. The summed E-state index contributed by atoms with van der Waals surface area (Å²) in [4.78, 5) is 25.0. The monoisotopic (exact) mass is 362 g/mol. The van der Waals surface area contributed by atoms with E-state index in [-0.39, 0.29) is 22.0 Å². The summed E-state index contributed by atoms with van der Waals surface area (Å²) in [6.45, 7) is 0. The molecule has 0 atom stereocenters. The number of fused-ring (bicyclic) bond motifs is 1. The van der Waals surface area contributed by atoms with Gasteiger partial charge in [-0.3, -0.25) is 9.59 Å². The fourth-order valence-electron chi connectivity index (χ4n) is 2.48. The molecule has 1 aromatic heterocycles. The normalized spacial score (nSPS) is 10.8. The van der Waals surface area contributed by atoms with Crippen molar-refractivity contribution < 1.29 is 9.90 Å². The first-order chi connectivity index (χ1) is 11.4. The lowest BCUT2D eigenvalue weighted by atomic mass is 10.1. The van der Waals surface area contributed by atoms with Gasteiger partial charge in [0, 0.05) is 17.5 Å². The second-order valence-corrected chi connectivity index (χ2v) is 6.03. The van der Waals surface area contributed by atoms with Crippen LogP contribution in [0.25, 0.3) is 10.8 Å². The van der Waals surface area contributed by atoms with Crippen molar-refractivity contribution in [2.24, 2.45) is 7.05 Å². The van der Waals surface area contributed by atoms with Crippen molar-refractivity contribution in [2.45, 2.75) is 0 Å². The Morgan fingerprint density at radius 1 is 1.12 bits per heavy atom. The van der Waals surface area contributed by atoms with Crippen molar-refractivity contribution in [3.05, 3.63) is 68.6 Å². The third-order valence-electron chi connectivity index (χ3n) is 3.67. The van der Waals surface area contributed by atoms with Crippen molar-refractivity contribution in [1.29, 1.82) is 0 Å². The van der Waals surface area contributed by atoms with Gasteiger partial charge in [0.1, 0.15) is 0 Å². The summed E-state index contributed by atoms with van der Waals surface area (Å²) in [5, 5.41) is 14.3. The lowest BCUT2D eigenvalue weighted by Gasteiger charge is -2.14. The minimum Gasteiger partial charge on any atom is -0.505 e. The van der Waals surface area contributed by atoms with Gasteiger partial charge in [-0.2, -0.15) is 0 Å². The number of nitrogens with one attached hydrogen (secondary N) is 1. The molecule has 0 unspecified atom stereocenters. The highest BCUT2D eigenvalue weighted by molar-refractivity contribution is 6.36. The smallest absolute Gasteiger partial charge is 0.276 e. The summed E-state index contributed by atoms with van der Waals surface area (Å²) in [6, 6.07) is 11.1. The summed E-state index contributed by atoms with van der Waals surface area (Å²) >= 11 is 11.9. The van der Waals surface area contributed by atoms with Gasteiger partial charge in [-0.25, -0.2) is 0 Å². The van der Waals surface area contributed by atoms with E-state index in [0.29, 0.717) is 21.5 Å². The number of aromatic hydroxyl groups is 1. The van der Waals surface area contributed by atoms with Gasteiger partial charge in [0.15, 0.2) is 11.4 Å². The Kier molecular flexibility index (Phi) is 4.22. The largest absolute Gasteiger partial charge is 0.505 e. The Balaban J connectivity index is 2.12. The Bertz CT molecular complexity index is 1030. The van der Waals surface area contributed by atoms with Gasteiger partial charge in [0.25, 0.3) is 11.5 Å². The molecule has 0 aliphatic heterocycles. The first-order valence-electron chi connectivity index (χ1n) is 6.97. The Hall–Kier alpha value is -2.50. The number of pyridine rings is 1. The average molecular weight is 363 g/mol. The molecule has 122 valence electrons. The van der Waals surface area contributed by atoms with E-state index in [0.717, 1.165) is 4.57 Å². The Labute approximate surface area is 147 Å². The number of rotatable bonds is 2. The van der Waals surface area contributed by atoms with Crippen molar-refractivity contribution in [2.75, 3.05) is 5.32 Å². The standard InChI is InChI=1S/C17H12Cl2N2O3/c1-21-14(15(22)10-4-2-3-5-11(10)17(21)24)16(23)20-13-7-6-9(18)8-12(13)19/h2-8,22H,1H3,(H,20,23). The minimum atomic E-state index is -0.651. The second kappa shape index (κ2) is 6.19. The summed E-state index contributed by atoms with van der Waals surface area (Å²) in [6.07, 6.45) is 0. The summed E-state index contributed by atoms with van der Waals surface area (Å²) in [5.41, 5.74) is -0.202. The topological polar surface area (TPSA) is 71.3 Å². The van der Waals surface area contributed by atoms with Crippen LogP contribution in [0.3, 0.4) is 0 Å². The van der Waals surface area contributed by atoms with Crippen LogP contribution in [-0.2, 0) is 7.05 Å². The van der Waals surface area contributed by atoms with Crippen LogP contribution in [0.4, 0.5) is 5.69 Å². The van der Waals surface area contributed by atoms with E-state index in [2.05, 4.69) is 5.32 Å². The summed E-state index contributed by atoms with van der Waals surface area (Å²) in [7, 11) is 1.42. The number of anilines is 1. The minimum absolute atomic E-state index is 0.148. The molecule has 3 aromatic rings. The quantitative estimate of drug-likeness (QED) is 0.728. The number of hydrogen-bond acceptors (Lipinski definition) is 3. The van der Waals surface area contributed by atoms with Gasteiger partial charge in [0.2, 0.25) is 0 Å². The number of benzene rings is 2. The van der Waals surface area contributed by atoms with E-state index < -0.39 is 5.91 Å². The number of amides is 1. The summed E-state index contributed by atoms with van der Waals surface area (Å²) < 4.78 is 1.11. The number of carbonyl (C=O) groups excluding carboxylic acids is 1. The third-order valence-corrected chi connectivity index (χ3v) is 4.22. The van der Waals surface area contributed by atoms with E-state index in [4.69, 9.17) is 23.2 Å². The predicted molar refractivity (Wildman–Crippen MR) is 95.3 cm³/mol. The molecule has 0 saturated heterocycles. The van der Waals surface area contributed by atoms with E-state index in [1.807, 2.05) is 0 Å². The van der Waals surface area contributed by atoms with Crippen LogP contribution in [0.15, 0.2) is 47.3 Å². The van der Waals surface area contributed by atoms with Crippen molar-refractivity contribution >= 4 is 45.6 Å². The molecule has 1 heterocycles. The predicted octanol–water partition coefficient (Wildman–Crippen LogP) is 3.80. The molecule has 1 amide bonds. The van der Waals surface area contributed by atoms with Gasteiger partial charge >= 0.3 is 0 Å². The van der Waals surface area contributed by atoms with Crippen molar-refractivity contribution in [3.8, 4) is 5.75 Å². The number of nitrogens with zero attached hydrogens (tertiary/aromatic N) is 1. The van der Waals surface area contributed by atoms with Crippen LogP contribution in [0.2, 0.25) is 10.0 Å². The number of aromatic nitrogens is 1. The molecule has 0 fully saturated rings. The highest BCUT2D eigenvalue weighted by Crippen LogP contribution is 2.29. The van der Waals surface area contributed by atoms with Crippen LogP contribution in [0.5, 0.6) is 5.75 Å². The van der Waals surface area contributed by atoms with E-state index in [1.165, 1.54) is 13.1 Å². The molecule has 24 heavy (non-hydrogen) atoms. The van der Waals surface area contributed by atoms with Gasteiger partial charge in [0.05, 0.1) is 16.1 Å². The molecule has 2 N–H and O–H groups in total. The first kappa shape index (κ1) is 16.4. The van der Waals surface area contributed by atoms with E-state index in [9.17, 15) is 14.7 Å². The molecule has 0 aliphatic rings. The third kappa shape index (κ3) is 2.72. The lowest BCUT2D eigenvalue weighted by Crippen LogP contribution is -2.26. The summed E-state index contributed by atoms with van der Waals surface area (Å²) in [5.74, 6) is -0.919. The molecule has 0 aliphatic carbocycles. The van der Waals surface area contributed by atoms with Gasteiger partial charge in [-0.05, 0) is 24.3 Å². The highest BCUT2D eigenvalue weighted by atomic mass is 35.5. The molecule has 3 rings (SSSR count). The second-order valence-electron chi connectivity index (χ2n) is 5.19. The van der Waals surface area contributed by atoms with Gasteiger partial charge in [-0.15, -0.1) is 0 Å². The van der Waals surface area contributed by atoms with Crippen LogP contribution in [0.1, 0.15) is 10.5 Å². The van der Waals surface area contributed by atoms with Crippen LogP contribution < -0.4 is 10.9 Å². The molecular formula is C17H12Cl2N2O3. The maximum atomic E-state index is 12.6. The maximum Gasteiger partial charge on any atom is 0.276 e. The highest BCUT2D eigenvalue weighted by Gasteiger charge is 2.20. The van der Waals surface area contributed by atoms with Crippen molar-refractivity contribution in [3.63, 3.8) is 0 Å². The number of halogens is 2. The lowest BCUT2D eigenvalue weighted by molar-refractivity contribution is 0.101. The molecular weight excluding hydrogens is 351 g/mol.